The van der Waals surface area contributed by atoms with Crippen LogP contribution >= 0.6 is 0 Å². The number of aliphatic hydroxyl groups excluding tert-OH is 1. The largest absolute Gasteiger partial charge is 0.493 e. The zero-order valence-corrected chi connectivity index (χ0v) is 13.0. The van der Waals surface area contributed by atoms with Crippen molar-refractivity contribution in [2.24, 2.45) is 0 Å². The first-order valence-corrected chi connectivity index (χ1v) is 7.74. The van der Waals surface area contributed by atoms with Crippen molar-refractivity contribution in [1.29, 1.82) is 0 Å². The first-order chi connectivity index (χ1) is 10.2. The zero-order valence-electron chi connectivity index (χ0n) is 13.0. The van der Waals surface area contributed by atoms with Crippen molar-refractivity contribution in [3.05, 3.63) is 29.8 Å². The lowest BCUT2D eigenvalue weighted by molar-refractivity contribution is -0.143. The van der Waals surface area contributed by atoms with Gasteiger partial charge < -0.3 is 14.6 Å². The minimum absolute atomic E-state index is 0.130. The van der Waals surface area contributed by atoms with Crippen LogP contribution in [-0.2, 0) is 9.53 Å². The summed E-state index contributed by atoms with van der Waals surface area (Å²) in [5.74, 6) is 0.618. The van der Waals surface area contributed by atoms with Crippen molar-refractivity contribution >= 4 is 5.97 Å². The highest BCUT2D eigenvalue weighted by atomic mass is 16.5. The van der Waals surface area contributed by atoms with Crippen LogP contribution in [0.5, 0.6) is 5.75 Å². The Hall–Kier alpha value is -1.55. The summed E-state index contributed by atoms with van der Waals surface area (Å²) in [6.45, 7) is 4.79. The molecule has 1 atom stereocenters. The van der Waals surface area contributed by atoms with E-state index < -0.39 is 6.10 Å². The maximum atomic E-state index is 11.2. The Bertz CT molecular complexity index is 417. The van der Waals surface area contributed by atoms with Crippen LogP contribution in [0.2, 0.25) is 0 Å². The summed E-state index contributed by atoms with van der Waals surface area (Å²) in [5.41, 5.74) is 0.839. The molecule has 0 amide bonds. The quantitative estimate of drug-likeness (QED) is 0.529. The van der Waals surface area contributed by atoms with Crippen LogP contribution in [0.4, 0.5) is 0 Å². The fourth-order valence-electron chi connectivity index (χ4n) is 2.07. The molecular formula is C17H26O4. The summed E-state index contributed by atoms with van der Waals surface area (Å²) < 4.78 is 10.6. The second-order valence-corrected chi connectivity index (χ2v) is 4.93. The van der Waals surface area contributed by atoms with Gasteiger partial charge in [0.15, 0.2) is 0 Å². The summed E-state index contributed by atoms with van der Waals surface area (Å²) in [6, 6.07) is 7.58. The number of carbonyl (C=O) groups excluding carboxylic acids is 1. The lowest BCUT2D eigenvalue weighted by atomic mass is 10.1. The molecule has 21 heavy (non-hydrogen) atoms. The molecule has 0 unspecified atom stereocenters. The molecule has 0 spiro atoms. The maximum absolute atomic E-state index is 11.2. The number of hydrogen-bond acceptors (Lipinski definition) is 4. The van der Waals surface area contributed by atoms with E-state index in [0.717, 1.165) is 30.6 Å². The molecule has 0 heterocycles. The molecule has 1 N–H and O–H groups in total. The summed E-state index contributed by atoms with van der Waals surface area (Å²) in [4.78, 5) is 11.2. The topological polar surface area (TPSA) is 55.8 Å². The van der Waals surface area contributed by atoms with Gasteiger partial charge >= 0.3 is 5.97 Å². The Morgan fingerprint density at radius 1 is 1.19 bits per heavy atom. The first-order valence-electron chi connectivity index (χ1n) is 7.74. The number of aliphatic hydroxyl groups is 1. The van der Waals surface area contributed by atoms with Crippen molar-refractivity contribution in [3.63, 3.8) is 0 Å². The normalized spacial score (nSPS) is 12.0. The SMILES string of the molecule is CCOC(=O)CCCCCOc1ccccc1[C@@H](O)CC. The Balaban J connectivity index is 2.25. The Labute approximate surface area is 127 Å². The van der Waals surface area contributed by atoms with Crippen LogP contribution in [-0.4, -0.2) is 24.3 Å². The van der Waals surface area contributed by atoms with E-state index in [0.29, 0.717) is 26.1 Å². The summed E-state index contributed by atoms with van der Waals surface area (Å²) in [6.07, 6.45) is 3.29. The van der Waals surface area contributed by atoms with Crippen LogP contribution < -0.4 is 4.74 Å². The number of esters is 1. The molecule has 1 aromatic rings. The molecule has 0 saturated carbocycles. The predicted octanol–water partition coefficient (Wildman–Crippen LogP) is 3.63. The van der Waals surface area contributed by atoms with Crippen LogP contribution in [0.25, 0.3) is 0 Å². The maximum Gasteiger partial charge on any atom is 0.305 e. The van der Waals surface area contributed by atoms with Crippen LogP contribution in [0.15, 0.2) is 24.3 Å². The molecule has 0 aromatic heterocycles. The summed E-state index contributed by atoms with van der Waals surface area (Å²) in [7, 11) is 0. The Kier molecular flexibility index (Phi) is 8.51. The number of hydrogen-bond donors (Lipinski definition) is 1. The number of unbranched alkanes of at least 4 members (excludes halogenated alkanes) is 2. The smallest absolute Gasteiger partial charge is 0.305 e. The number of rotatable bonds is 10. The zero-order chi connectivity index (χ0) is 15.5. The minimum atomic E-state index is -0.481. The van der Waals surface area contributed by atoms with E-state index in [1.54, 1.807) is 0 Å². The van der Waals surface area contributed by atoms with Crippen molar-refractivity contribution in [2.75, 3.05) is 13.2 Å². The average Bonchev–Trinajstić information content (AvgIpc) is 2.50. The molecule has 0 bridgehead atoms. The highest BCUT2D eigenvalue weighted by molar-refractivity contribution is 5.69. The van der Waals surface area contributed by atoms with Crippen LogP contribution in [0.3, 0.4) is 0 Å². The lowest BCUT2D eigenvalue weighted by Crippen LogP contribution is -2.05. The highest BCUT2D eigenvalue weighted by Gasteiger charge is 2.10. The third-order valence-electron chi connectivity index (χ3n) is 3.25. The Morgan fingerprint density at radius 2 is 1.95 bits per heavy atom. The lowest BCUT2D eigenvalue weighted by Gasteiger charge is -2.14. The third kappa shape index (κ3) is 6.63. The molecule has 0 aliphatic heterocycles. The summed E-state index contributed by atoms with van der Waals surface area (Å²) >= 11 is 0. The monoisotopic (exact) mass is 294 g/mol. The van der Waals surface area contributed by atoms with E-state index in [-0.39, 0.29) is 5.97 Å². The van der Waals surface area contributed by atoms with E-state index in [4.69, 9.17) is 9.47 Å². The first kappa shape index (κ1) is 17.5. The molecule has 1 rings (SSSR count). The van der Waals surface area contributed by atoms with Crippen LogP contribution in [0, 0.1) is 0 Å². The van der Waals surface area contributed by atoms with E-state index >= 15 is 0 Å². The second-order valence-electron chi connectivity index (χ2n) is 4.93. The fraction of sp³-hybridized carbons (Fsp3) is 0.588. The molecule has 4 heteroatoms. The highest BCUT2D eigenvalue weighted by Crippen LogP contribution is 2.26. The van der Waals surface area contributed by atoms with E-state index in [1.807, 2.05) is 38.1 Å². The molecule has 4 nitrogen and oxygen atoms in total. The Morgan fingerprint density at radius 3 is 2.67 bits per heavy atom. The molecule has 1 aromatic carbocycles. The molecule has 0 saturated heterocycles. The molecule has 118 valence electrons. The second kappa shape index (κ2) is 10.2. The number of para-hydroxylation sites is 1. The van der Waals surface area contributed by atoms with Gasteiger partial charge in [0.2, 0.25) is 0 Å². The average molecular weight is 294 g/mol. The molecule has 0 radical (unpaired) electrons. The third-order valence-corrected chi connectivity index (χ3v) is 3.25. The van der Waals surface area contributed by atoms with Gasteiger partial charge in [0, 0.05) is 12.0 Å². The van der Waals surface area contributed by atoms with Gasteiger partial charge in [-0.15, -0.1) is 0 Å². The number of ether oxygens (including phenoxy) is 2. The summed E-state index contributed by atoms with van der Waals surface area (Å²) in [5, 5.41) is 9.93. The predicted molar refractivity (Wildman–Crippen MR) is 82.3 cm³/mol. The van der Waals surface area contributed by atoms with E-state index in [1.165, 1.54) is 0 Å². The molecule has 0 aliphatic rings. The van der Waals surface area contributed by atoms with Crippen molar-refractivity contribution in [1.82, 2.24) is 0 Å². The molecule has 0 fully saturated rings. The van der Waals surface area contributed by atoms with Crippen molar-refractivity contribution in [3.8, 4) is 5.75 Å². The van der Waals surface area contributed by atoms with Crippen molar-refractivity contribution < 1.29 is 19.4 Å². The van der Waals surface area contributed by atoms with Crippen LogP contribution in [0.1, 0.15) is 57.6 Å². The van der Waals surface area contributed by atoms with Gasteiger partial charge in [0.05, 0.1) is 19.3 Å². The van der Waals surface area contributed by atoms with Gasteiger partial charge in [0.25, 0.3) is 0 Å². The number of carbonyl (C=O) groups is 1. The van der Waals surface area contributed by atoms with Crippen molar-refractivity contribution in [2.45, 2.75) is 52.1 Å². The van der Waals surface area contributed by atoms with Gasteiger partial charge in [0.1, 0.15) is 5.75 Å². The van der Waals surface area contributed by atoms with Gasteiger partial charge in [-0.2, -0.15) is 0 Å². The molecular weight excluding hydrogens is 268 g/mol. The van der Waals surface area contributed by atoms with Gasteiger partial charge in [-0.1, -0.05) is 25.1 Å². The number of benzene rings is 1. The fourth-order valence-corrected chi connectivity index (χ4v) is 2.07. The van der Waals surface area contributed by atoms with E-state index in [9.17, 15) is 9.90 Å². The minimum Gasteiger partial charge on any atom is -0.493 e. The van der Waals surface area contributed by atoms with E-state index in [2.05, 4.69) is 0 Å². The van der Waals surface area contributed by atoms with Gasteiger partial charge in [-0.3, -0.25) is 4.79 Å². The molecule has 0 aliphatic carbocycles. The van der Waals surface area contributed by atoms with Gasteiger partial charge in [-0.05, 0) is 38.7 Å². The van der Waals surface area contributed by atoms with Gasteiger partial charge in [-0.25, -0.2) is 0 Å². The standard InChI is InChI=1S/C17H26O4/c1-3-15(18)14-10-7-8-11-16(14)21-13-9-5-6-12-17(19)20-4-2/h7-8,10-11,15,18H,3-6,9,12-13H2,1-2H3/t15-/m0/s1.